The van der Waals surface area contributed by atoms with Gasteiger partial charge in [-0.1, -0.05) is 6.07 Å². The van der Waals surface area contributed by atoms with E-state index >= 15 is 0 Å². The first-order valence-corrected chi connectivity index (χ1v) is 6.93. The van der Waals surface area contributed by atoms with Gasteiger partial charge in [-0.2, -0.15) is 0 Å². The Hall–Kier alpha value is -1.13. The summed E-state index contributed by atoms with van der Waals surface area (Å²) in [4.78, 5) is 9.76. The monoisotopic (exact) mass is 246 g/mol. The Labute approximate surface area is 109 Å². The lowest BCUT2D eigenvalue weighted by atomic mass is 10.1. The van der Waals surface area contributed by atoms with Crippen LogP contribution in [0.4, 0.5) is 5.82 Å². The minimum Gasteiger partial charge on any atom is -0.354 e. The van der Waals surface area contributed by atoms with Crippen LogP contribution in [0.15, 0.2) is 12.1 Å². The smallest absolute Gasteiger partial charge is 0.128 e. The number of anilines is 1. The highest BCUT2D eigenvalue weighted by Gasteiger charge is 2.30. The van der Waals surface area contributed by atoms with Crippen LogP contribution in [0, 0.1) is 6.92 Å². The number of nitrogens with two attached hydrogens (primary N) is 1. The van der Waals surface area contributed by atoms with E-state index in [1.807, 2.05) is 0 Å². The molecule has 1 aromatic rings. The second kappa shape index (κ2) is 4.86. The van der Waals surface area contributed by atoms with E-state index in [1.54, 1.807) is 0 Å². The minimum atomic E-state index is 0.579. The van der Waals surface area contributed by atoms with Crippen molar-refractivity contribution >= 4 is 5.82 Å². The first kappa shape index (κ1) is 11.9. The van der Waals surface area contributed by atoms with Gasteiger partial charge in [0.1, 0.15) is 5.82 Å². The molecule has 4 heteroatoms. The maximum atomic E-state index is 5.69. The summed E-state index contributed by atoms with van der Waals surface area (Å²) >= 11 is 0. The number of nitrogens with zero attached hydrogens (tertiary/aromatic N) is 3. The van der Waals surface area contributed by atoms with E-state index in [4.69, 9.17) is 10.7 Å². The van der Waals surface area contributed by atoms with Gasteiger partial charge < -0.3 is 10.6 Å². The average molecular weight is 246 g/mol. The normalized spacial score (nSPS) is 24.3. The molecule has 2 saturated heterocycles. The second-order valence-corrected chi connectivity index (χ2v) is 5.40. The molecule has 98 valence electrons. The predicted octanol–water partition coefficient (Wildman–Crippen LogP) is 1.13. The first-order chi connectivity index (χ1) is 8.78. The maximum Gasteiger partial charge on any atom is 0.128 e. The summed E-state index contributed by atoms with van der Waals surface area (Å²) in [5.74, 6) is 1.12. The Morgan fingerprint density at radius 3 is 3.00 bits per heavy atom. The van der Waals surface area contributed by atoms with Crippen LogP contribution < -0.4 is 10.6 Å². The summed E-state index contributed by atoms with van der Waals surface area (Å²) in [6.07, 6.45) is 2.70. The van der Waals surface area contributed by atoms with Crippen molar-refractivity contribution in [3.8, 4) is 0 Å². The fourth-order valence-corrected chi connectivity index (χ4v) is 3.17. The third-order valence-corrected chi connectivity index (χ3v) is 4.31. The summed E-state index contributed by atoms with van der Waals surface area (Å²) in [6, 6.07) is 4.99. The van der Waals surface area contributed by atoms with Crippen LogP contribution in [0.5, 0.6) is 0 Å². The molecule has 1 unspecified atom stereocenters. The molecular formula is C14H22N4. The summed E-state index contributed by atoms with van der Waals surface area (Å²) in [6.45, 7) is 7.34. The topological polar surface area (TPSA) is 45.4 Å². The van der Waals surface area contributed by atoms with Crippen LogP contribution in [0.25, 0.3) is 0 Å². The van der Waals surface area contributed by atoms with E-state index < -0.39 is 0 Å². The largest absolute Gasteiger partial charge is 0.354 e. The van der Waals surface area contributed by atoms with Gasteiger partial charge in [0.25, 0.3) is 0 Å². The number of piperazine rings is 1. The van der Waals surface area contributed by atoms with E-state index in [0.717, 1.165) is 36.2 Å². The van der Waals surface area contributed by atoms with Crippen molar-refractivity contribution in [2.75, 3.05) is 31.1 Å². The molecular weight excluding hydrogens is 224 g/mol. The zero-order valence-electron chi connectivity index (χ0n) is 11.1. The number of aryl methyl sites for hydroxylation is 1. The highest BCUT2D eigenvalue weighted by atomic mass is 15.3. The van der Waals surface area contributed by atoms with Crippen LogP contribution in [0.3, 0.4) is 0 Å². The minimum absolute atomic E-state index is 0.579. The number of pyridine rings is 1. The fraction of sp³-hybridized carbons (Fsp3) is 0.643. The molecule has 0 aromatic carbocycles. The molecule has 1 atom stereocenters. The van der Waals surface area contributed by atoms with E-state index in [9.17, 15) is 0 Å². The Kier molecular flexibility index (Phi) is 3.22. The average Bonchev–Trinajstić information content (AvgIpc) is 2.85. The van der Waals surface area contributed by atoms with Crippen LogP contribution in [0.2, 0.25) is 0 Å². The molecule has 18 heavy (non-hydrogen) atoms. The molecule has 1 aromatic heterocycles. The number of hydrogen-bond donors (Lipinski definition) is 1. The van der Waals surface area contributed by atoms with Crippen molar-refractivity contribution in [3.63, 3.8) is 0 Å². The molecule has 3 rings (SSSR count). The molecule has 3 heterocycles. The van der Waals surface area contributed by atoms with Crippen molar-refractivity contribution in [2.24, 2.45) is 5.73 Å². The van der Waals surface area contributed by atoms with Crippen molar-refractivity contribution in [1.29, 1.82) is 0 Å². The van der Waals surface area contributed by atoms with Crippen molar-refractivity contribution in [2.45, 2.75) is 32.4 Å². The molecule has 4 nitrogen and oxygen atoms in total. The van der Waals surface area contributed by atoms with Gasteiger partial charge in [-0.25, -0.2) is 4.98 Å². The van der Waals surface area contributed by atoms with Crippen LogP contribution in [-0.2, 0) is 6.54 Å². The SMILES string of the molecule is Cc1nc(N2CCN3CCCC3C2)ccc1CN. The lowest BCUT2D eigenvalue weighted by Gasteiger charge is -2.38. The van der Waals surface area contributed by atoms with Gasteiger partial charge in [-0.05, 0) is 37.9 Å². The van der Waals surface area contributed by atoms with Gasteiger partial charge in [0.2, 0.25) is 0 Å². The number of hydrogen-bond acceptors (Lipinski definition) is 4. The van der Waals surface area contributed by atoms with Gasteiger partial charge in [-0.3, -0.25) is 4.90 Å². The third-order valence-electron chi connectivity index (χ3n) is 4.31. The fourth-order valence-electron chi connectivity index (χ4n) is 3.17. The van der Waals surface area contributed by atoms with E-state index in [0.29, 0.717) is 6.54 Å². The predicted molar refractivity (Wildman–Crippen MR) is 73.7 cm³/mol. The summed E-state index contributed by atoms with van der Waals surface area (Å²) in [5, 5.41) is 0. The van der Waals surface area contributed by atoms with E-state index in [1.165, 1.54) is 25.9 Å². The molecule has 0 radical (unpaired) electrons. The van der Waals surface area contributed by atoms with Crippen LogP contribution in [-0.4, -0.2) is 42.1 Å². The Balaban J connectivity index is 1.76. The van der Waals surface area contributed by atoms with Gasteiger partial charge in [-0.15, -0.1) is 0 Å². The summed E-state index contributed by atoms with van der Waals surface area (Å²) in [7, 11) is 0. The Morgan fingerprint density at radius 1 is 1.33 bits per heavy atom. The summed E-state index contributed by atoms with van der Waals surface area (Å²) < 4.78 is 0. The highest BCUT2D eigenvalue weighted by molar-refractivity contribution is 5.42. The van der Waals surface area contributed by atoms with Crippen molar-refractivity contribution in [1.82, 2.24) is 9.88 Å². The Morgan fingerprint density at radius 2 is 2.22 bits per heavy atom. The molecule has 0 amide bonds. The molecule has 0 bridgehead atoms. The van der Waals surface area contributed by atoms with Gasteiger partial charge >= 0.3 is 0 Å². The lowest BCUT2D eigenvalue weighted by molar-refractivity contribution is 0.230. The lowest BCUT2D eigenvalue weighted by Crippen LogP contribution is -2.50. The standard InChI is InChI=1S/C14H22N4/c1-11-12(9-15)4-5-14(16-11)18-8-7-17-6-2-3-13(17)10-18/h4-5,13H,2-3,6-10,15H2,1H3. The van der Waals surface area contributed by atoms with Gasteiger partial charge in [0, 0.05) is 37.9 Å². The number of rotatable bonds is 2. The second-order valence-electron chi connectivity index (χ2n) is 5.40. The van der Waals surface area contributed by atoms with E-state index in [2.05, 4.69) is 28.9 Å². The zero-order chi connectivity index (χ0) is 12.5. The third kappa shape index (κ3) is 2.10. The first-order valence-electron chi connectivity index (χ1n) is 6.93. The highest BCUT2D eigenvalue weighted by Crippen LogP contribution is 2.24. The molecule has 2 aliphatic rings. The van der Waals surface area contributed by atoms with Gasteiger partial charge in [0.05, 0.1) is 0 Å². The van der Waals surface area contributed by atoms with Crippen LogP contribution in [0.1, 0.15) is 24.1 Å². The Bertz CT molecular complexity index is 432. The maximum absolute atomic E-state index is 5.69. The quantitative estimate of drug-likeness (QED) is 0.850. The number of aromatic nitrogens is 1. The molecule has 2 fully saturated rings. The molecule has 0 spiro atoms. The van der Waals surface area contributed by atoms with Gasteiger partial charge in [0.15, 0.2) is 0 Å². The molecule has 0 aliphatic carbocycles. The zero-order valence-corrected chi connectivity index (χ0v) is 11.1. The van der Waals surface area contributed by atoms with Crippen molar-refractivity contribution < 1.29 is 0 Å². The molecule has 0 saturated carbocycles. The number of fused-ring (bicyclic) bond motifs is 1. The van der Waals surface area contributed by atoms with Crippen molar-refractivity contribution in [3.05, 3.63) is 23.4 Å². The van der Waals surface area contributed by atoms with Crippen LogP contribution >= 0.6 is 0 Å². The molecule has 2 N–H and O–H groups in total. The molecule has 2 aliphatic heterocycles. The summed E-state index contributed by atoms with van der Waals surface area (Å²) in [5.41, 5.74) is 7.91. The van der Waals surface area contributed by atoms with E-state index in [-0.39, 0.29) is 0 Å².